The lowest BCUT2D eigenvalue weighted by Gasteiger charge is -2.21. The lowest BCUT2D eigenvalue weighted by Crippen LogP contribution is -2.50. The number of halogens is 5. The summed E-state index contributed by atoms with van der Waals surface area (Å²) in [5.41, 5.74) is 13.8. The van der Waals surface area contributed by atoms with E-state index in [1.165, 1.54) is 24.3 Å². The van der Waals surface area contributed by atoms with Gasteiger partial charge in [0.05, 0.1) is 17.7 Å². The topological polar surface area (TPSA) is 106 Å². The average Bonchev–Trinajstić information content (AvgIpc) is 2.80. The molecule has 11 heteroatoms. The summed E-state index contributed by atoms with van der Waals surface area (Å²) in [5, 5.41) is 6.07. The molecule has 0 radical (unpaired) electrons. The number of hydrogen-bond donors (Lipinski definition) is 4. The second kappa shape index (κ2) is 12.3. The first-order valence-corrected chi connectivity index (χ1v) is 11.5. The number of carbonyl (C=O) groups is 1. The predicted octanol–water partition coefficient (Wildman–Crippen LogP) is 5.18. The summed E-state index contributed by atoms with van der Waals surface area (Å²) in [4.78, 5) is 17.0. The van der Waals surface area contributed by atoms with Gasteiger partial charge in [-0.25, -0.2) is 13.8 Å². The van der Waals surface area contributed by atoms with Crippen molar-refractivity contribution in [2.24, 2.45) is 16.5 Å². The van der Waals surface area contributed by atoms with Crippen LogP contribution in [0.4, 0.5) is 8.78 Å². The fourth-order valence-electron chi connectivity index (χ4n) is 3.13. The van der Waals surface area contributed by atoms with Crippen LogP contribution in [0.25, 0.3) is 0 Å². The van der Waals surface area contributed by atoms with Crippen LogP contribution in [0.1, 0.15) is 33.9 Å². The van der Waals surface area contributed by atoms with Gasteiger partial charge in [0.1, 0.15) is 11.6 Å². The molecule has 2 unspecified atom stereocenters. The van der Waals surface area contributed by atoms with Gasteiger partial charge in [-0.15, -0.1) is 0 Å². The maximum absolute atomic E-state index is 13.8. The van der Waals surface area contributed by atoms with Gasteiger partial charge in [-0.05, 0) is 60.0 Å². The Morgan fingerprint density at radius 3 is 2.43 bits per heavy atom. The first-order chi connectivity index (χ1) is 16.6. The molecule has 3 aromatic rings. The lowest BCUT2D eigenvalue weighted by molar-refractivity contribution is 0.0975. The molecular weight excluding hydrogens is 519 g/mol. The Labute approximate surface area is 216 Å². The van der Waals surface area contributed by atoms with Crippen molar-refractivity contribution in [1.29, 1.82) is 0 Å². The van der Waals surface area contributed by atoms with Crippen molar-refractivity contribution in [2.75, 3.05) is 0 Å². The summed E-state index contributed by atoms with van der Waals surface area (Å²) in [5.74, 6) is -1.89. The molecule has 0 spiro atoms. The second-order valence-corrected chi connectivity index (χ2v) is 8.88. The van der Waals surface area contributed by atoms with E-state index in [9.17, 15) is 13.6 Å². The normalized spacial score (nSPS) is 13.3. The molecule has 1 amide bonds. The van der Waals surface area contributed by atoms with Gasteiger partial charge in [0.2, 0.25) is 0 Å². The van der Waals surface area contributed by atoms with Crippen LogP contribution in [-0.4, -0.2) is 18.0 Å². The van der Waals surface area contributed by atoms with Crippen molar-refractivity contribution in [2.45, 2.75) is 25.2 Å². The molecule has 0 bridgehead atoms. The van der Waals surface area contributed by atoms with Gasteiger partial charge < -0.3 is 16.8 Å². The number of aliphatic imine (C=N–C) groups is 1. The number of nitrogens with zero attached hydrogens (tertiary/aromatic N) is 1. The number of rotatable bonds is 7. The Hall–Kier alpha value is -2.75. The van der Waals surface area contributed by atoms with E-state index < -0.39 is 29.7 Å². The van der Waals surface area contributed by atoms with Crippen molar-refractivity contribution in [3.05, 3.63) is 104 Å². The Bertz CT molecular complexity index is 1240. The van der Waals surface area contributed by atoms with Crippen LogP contribution in [0.2, 0.25) is 15.1 Å². The maximum Gasteiger partial charge on any atom is 0.258 e. The quantitative estimate of drug-likeness (QED) is 0.188. The summed E-state index contributed by atoms with van der Waals surface area (Å²) in [7, 11) is 0. The van der Waals surface area contributed by atoms with Crippen LogP contribution in [0.5, 0.6) is 0 Å². The smallest absolute Gasteiger partial charge is 0.258 e. The molecule has 3 rings (SSSR count). The minimum atomic E-state index is -0.743. The summed E-state index contributed by atoms with van der Waals surface area (Å²) >= 11 is 17.8. The number of amides is 1. The van der Waals surface area contributed by atoms with Crippen LogP contribution in [0, 0.1) is 11.6 Å². The minimum Gasteiger partial charge on any atom is -0.341 e. The van der Waals surface area contributed by atoms with Gasteiger partial charge in [-0.1, -0.05) is 53.0 Å². The Morgan fingerprint density at radius 1 is 0.971 bits per heavy atom. The Balaban J connectivity index is 1.77. The predicted molar refractivity (Wildman–Crippen MR) is 136 cm³/mol. The zero-order valence-electron chi connectivity index (χ0n) is 18.2. The lowest BCUT2D eigenvalue weighted by atomic mass is 10.0. The highest BCUT2D eigenvalue weighted by atomic mass is 35.5. The van der Waals surface area contributed by atoms with E-state index >= 15 is 0 Å². The summed E-state index contributed by atoms with van der Waals surface area (Å²) in [6.07, 6.45) is -0.462. The molecule has 0 aromatic heterocycles. The molecule has 2 atom stereocenters. The molecule has 0 aliphatic carbocycles. The molecule has 0 saturated heterocycles. The molecule has 3 aromatic carbocycles. The van der Waals surface area contributed by atoms with E-state index in [-0.39, 0.29) is 34.5 Å². The van der Waals surface area contributed by atoms with Crippen molar-refractivity contribution in [3.63, 3.8) is 0 Å². The molecule has 0 aliphatic rings. The van der Waals surface area contributed by atoms with E-state index in [0.29, 0.717) is 10.6 Å². The van der Waals surface area contributed by atoms with Crippen LogP contribution in [0.15, 0.2) is 65.7 Å². The SMILES string of the molecule is NC(CC(N)c1cccc(Cl)c1)NC(=NCc1ccc(F)cc1Cl)NC(=O)c1ccc(Cl)c(F)c1. The third kappa shape index (κ3) is 7.88. The van der Waals surface area contributed by atoms with Gasteiger partial charge in [-0.2, -0.15) is 0 Å². The second-order valence-electron chi connectivity index (χ2n) is 7.63. The first-order valence-electron chi connectivity index (χ1n) is 10.4. The summed E-state index contributed by atoms with van der Waals surface area (Å²) < 4.78 is 27.2. The first kappa shape index (κ1) is 26.8. The zero-order chi connectivity index (χ0) is 25.5. The van der Waals surface area contributed by atoms with Crippen molar-refractivity contribution in [3.8, 4) is 0 Å². The highest BCUT2D eigenvalue weighted by molar-refractivity contribution is 6.31. The summed E-state index contributed by atoms with van der Waals surface area (Å²) in [6.45, 7) is 0.00374. The van der Waals surface area contributed by atoms with Gasteiger partial charge in [0, 0.05) is 21.7 Å². The molecule has 0 aliphatic heterocycles. The van der Waals surface area contributed by atoms with Gasteiger partial charge in [0.25, 0.3) is 5.91 Å². The van der Waals surface area contributed by atoms with E-state index in [2.05, 4.69) is 15.6 Å². The Kier molecular flexibility index (Phi) is 9.42. The highest BCUT2D eigenvalue weighted by Gasteiger charge is 2.17. The van der Waals surface area contributed by atoms with Crippen molar-refractivity contribution >= 4 is 46.7 Å². The molecular formula is C24H22Cl3F2N5O. The van der Waals surface area contributed by atoms with Gasteiger partial charge in [0.15, 0.2) is 5.96 Å². The molecule has 6 N–H and O–H groups in total. The average molecular weight is 541 g/mol. The highest BCUT2D eigenvalue weighted by Crippen LogP contribution is 2.20. The fraction of sp³-hybridized carbons (Fsp3) is 0.167. The number of hydrogen-bond acceptors (Lipinski definition) is 4. The van der Waals surface area contributed by atoms with Crippen molar-refractivity contribution in [1.82, 2.24) is 10.6 Å². The van der Waals surface area contributed by atoms with Crippen molar-refractivity contribution < 1.29 is 13.6 Å². The molecule has 35 heavy (non-hydrogen) atoms. The number of nitrogens with one attached hydrogen (secondary N) is 2. The monoisotopic (exact) mass is 539 g/mol. The molecule has 184 valence electrons. The van der Waals surface area contributed by atoms with E-state index in [1.54, 1.807) is 18.2 Å². The third-order valence-corrected chi connectivity index (χ3v) is 5.84. The van der Waals surface area contributed by atoms with Crippen LogP contribution >= 0.6 is 34.8 Å². The number of guanidine groups is 1. The number of carbonyl (C=O) groups excluding carboxylic acids is 1. The maximum atomic E-state index is 13.8. The van der Waals surface area contributed by atoms with E-state index in [4.69, 9.17) is 46.3 Å². The standard InChI is InChI=1S/C24H22Cl3F2N5O/c25-16-3-1-2-13(8-16)21(30)11-22(31)33-24(32-12-15-4-6-17(28)10-19(15)27)34-23(35)14-5-7-18(26)20(29)9-14/h1-10,21-22H,11-12,30-31H2,(H2,32,33,34,35). The minimum absolute atomic E-state index is 0.00320. The van der Waals surface area contributed by atoms with Crippen LogP contribution in [-0.2, 0) is 6.54 Å². The molecule has 0 fully saturated rings. The Morgan fingerprint density at radius 2 is 1.74 bits per heavy atom. The fourth-order valence-corrected chi connectivity index (χ4v) is 3.68. The van der Waals surface area contributed by atoms with Crippen LogP contribution < -0.4 is 22.1 Å². The number of nitrogens with two attached hydrogens (primary N) is 2. The number of benzene rings is 3. The van der Waals surface area contributed by atoms with Crippen LogP contribution in [0.3, 0.4) is 0 Å². The molecule has 0 heterocycles. The van der Waals surface area contributed by atoms with E-state index in [1.807, 2.05) is 6.07 Å². The zero-order valence-corrected chi connectivity index (χ0v) is 20.5. The molecule has 0 saturated carbocycles. The third-order valence-electron chi connectivity index (χ3n) is 4.94. The van der Waals surface area contributed by atoms with Gasteiger partial charge >= 0.3 is 0 Å². The van der Waals surface area contributed by atoms with Gasteiger partial charge in [-0.3, -0.25) is 10.1 Å². The molecule has 6 nitrogen and oxygen atoms in total. The largest absolute Gasteiger partial charge is 0.341 e. The summed E-state index contributed by atoms with van der Waals surface area (Å²) in [6, 6.07) is 14.1. The van der Waals surface area contributed by atoms with E-state index in [0.717, 1.165) is 17.7 Å².